The van der Waals surface area contributed by atoms with Crippen molar-refractivity contribution in [2.24, 2.45) is 0 Å². The molecule has 0 atom stereocenters. The first-order valence-electron chi connectivity index (χ1n) is 6.77. The second-order valence-corrected chi connectivity index (χ2v) is 5.19. The van der Waals surface area contributed by atoms with Gasteiger partial charge >= 0.3 is 0 Å². The van der Waals surface area contributed by atoms with E-state index in [1.807, 2.05) is 0 Å². The van der Waals surface area contributed by atoms with Crippen LogP contribution in [0, 0.1) is 0 Å². The fourth-order valence-electron chi connectivity index (χ4n) is 2.02. The molecule has 1 heterocycles. The van der Waals surface area contributed by atoms with Crippen LogP contribution in [-0.2, 0) is 4.79 Å². The molecule has 0 saturated carbocycles. The topological polar surface area (TPSA) is 84.1 Å². The Morgan fingerprint density at radius 1 is 1.22 bits per heavy atom. The first-order valence-corrected chi connectivity index (χ1v) is 7.15. The molecule has 0 aliphatic rings. The van der Waals surface area contributed by atoms with Crippen molar-refractivity contribution in [2.45, 2.75) is 0 Å². The number of ether oxygens (including phenoxy) is 1. The number of carbonyl (C=O) groups excluding carboxylic acids is 1. The van der Waals surface area contributed by atoms with Gasteiger partial charge in [0.15, 0.2) is 6.61 Å². The highest BCUT2D eigenvalue weighted by molar-refractivity contribution is 6.30. The summed E-state index contributed by atoms with van der Waals surface area (Å²) < 4.78 is 5.36. The number of nitrogens with one attached hydrogen (secondary N) is 2. The molecule has 7 heteroatoms. The fraction of sp³-hybridized carbons (Fsp3) is 0.0625. The number of hydrogen-bond acceptors (Lipinski definition) is 4. The van der Waals surface area contributed by atoms with Crippen molar-refractivity contribution in [1.29, 1.82) is 0 Å². The van der Waals surface area contributed by atoms with Crippen LogP contribution in [-0.4, -0.2) is 22.5 Å². The van der Waals surface area contributed by atoms with E-state index in [0.717, 1.165) is 0 Å². The van der Waals surface area contributed by atoms with Crippen molar-refractivity contribution in [2.75, 3.05) is 11.9 Å². The summed E-state index contributed by atoms with van der Waals surface area (Å²) in [5.41, 5.74) is 0.799. The minimum Gasteiger partial charge on any atom is -0.484 e. The number of nitrogens with zero attached hydrogens (tertiary/aromatic N) is 1. The summed E-state index contributed by atoms with van der Waals surface area (Å²) in [4.78, 5) is 30.2. The number of benzene rings is 2. The molecule has 0 aliphatic heterocycles. The number of anilines is 1. The number of fused-ring (bicyclic) bond motifs is 1. The highest BCUT2D eigenvalue weighted by Gasteiger charge is 2.06. The lowest BCUT2D eigenvalue weighted by molar-refractivity contribution is -0.118. The first kappa shape index (κ1) is 15.1. The van der Waals surface area contributed by atoms with Crippen LogP contribution in [0.1, 0.15) is 0 Å². The fourth-order valence-corrected chi connectivity index (χ4v) is 2.15. The van der Waals surface area contributed by atoms with Crippen LogP contribution in [0.25, 0.3) is 10.9 Å². The van der Waals surface area contributed by atoms with Gasteiger partial charge in [-0.05, 0) is 42.5 Å². The van der Waals surface area contributed by atoms with Crippen molar-refractivity contribution in [3.05, 3.63) is 64.2 Å². The maximum absolute atomic E-state index is 11.9. The Morgan fingerprint density at radius 3 is 2.78 bits per heavy atom. The van der Waals surface area contributed by atoms with Crippen molar-refractivity contribution in [3.8, 4) is 5.75 Å². The number of carbonyl (C=O) groups is 1. The molecule has 3 rings (SSSR count). The molecular formula is C16H12ClN3O3. The first-order chi connectivity index (χ1) is 11.1. The molecule has 1 aromatic heterocycles. The lowest BCUT2D eigenvalue weighted by atomic mass is 10.2. The van der Waals surface area contributed by atoms with E-state index in [2.05, 4.69) is 15.3 Å². The highest BCUT2D eigenvalue weighted by atomic mass is 35.5. The third kappa shape index (κ3) is 3.67. The zero-order valence-electron chi connectivity index (χ0n) is 11.9. The molecule has 0 fully saturated rings. The Morgan fingerprint density at radius 2 is 2.00 bits per heavy atom. The van der Waals surface area contributed by atoms with Crippen LogP contribution < -0.4 is 15.6 Å². The molecule has 0 aliphatic carbocycles. The molecular weight excluding hydrogens is 318 g/mol. The molecule has 116 valence electrons. The summed E-state index contributed by atoms with van der Waals surface area (Å²) >= 11 is 5.77. The Hall–Kier alpha value is -2.86. The van der Waals surface area contributed by atoms with Gasteiger partial charge in [0, 0.05) is 10.7 Å². The SMILES string of the molecule is O=C(COc1ccc(Cl)cc1)Nc1ccc2nc[nH]c(=O)c2c1. The van der Waals surface area contributed by atoms with E-state index < -0.39 is 0 Å². The van der Waals surface area contributed by atoms with Crippen molar-refractivity contribution in [1.82, 2.24) is 9.97 Å². The van der Waals surface area contributed by atoms with Crippen LogP contribution in [0.4, 0.5) is 5.69 Å². The van der Waals surface area contributed by atoms with E-state index in [-0.39, 0.29) is 18.1 Å². The maximum atomic E-state index is 11.9. The van der Waals surface area contributed by atoms with E-state index in [9.17, 15) is 9.59 Å². The van der Waals surface area contributed by atoms with Gasteiger partial charge in [0.2, 0.25) is 0 Å². The molecule has 2 N–H and O–H groups in total. The average Bonchev–Trinajstić information content (AvgIpc) is 2.55. The zero-order chi connectivity index (χ0) is 16.2. The quantitative estimate of drug-likeness (QED) is 0.770. The molecule has 23 heavy (non-hydrogen) atoms. The Kier molecular flexibility index (Phi) is 4.25. The highest BCUT2D eigenvalue weighted by Crippen LogP contribution is 2.16. The van der Waals surface area contributed by atoms with Crippen LogP contribution in [0.3, 0.4) is 0 Å². The Bertz CT molecular complexity index is 906. The van der Waals surface area contributed by atoms with Crippen LogP contribution >= 0.6 is 11.6 Å². The molecule has 2 aromatic carbocycles. The standard InChI is InChI=1S/C16H12ClN3O3/c17-10-1-4-12(5-2-10)23-8-15(21)20-11-3-6-14-13(7-11)16(22)19-9-18-14/h1-7,9H,8H2,(H,20,21)(H,18,19,22). The van der Waals surface area contributed by atoms with Crippen molar-refractivity contribution in [3.63, 3.8) is 0 Å². The smallest absolute Gasteiger partial charge is 0.262 e. The lowest BCUT2D eigenvalue weighted by Crippen LogP contribution is -2.20. The minimum atomic E-state index is -0.334. The number of amides is 1. The number of hydrogen-bond donors (Lipinski definition) is 2. The minimum absolute atomic E-state index is 0.150. The third-order valence-corrected chi connectivity index (χ3v) is 3.36. The van der Waals surface area contributed by atoms with E-state index in [1.54, 1.807) is 42.5 Å². The maximum Gasteiger partial charge on any atom is 0.262 e. The van der Waals surface area contributed by atoms with Gasteiger partial charge in [-0.3, -0.25) is 9.59 Å². The average molecular weight is 330 g/mol. The van der Waals surface area contributed by atoms with Gasteiger partial charge < -0.3 is 15.0 Å². The second-order valence-electron chi connectivity index (χ2n) is 4.75. The molecule has 6 nitrogen and oxygen atoms in total. The Labute approximate surface area is 136 Å². The molecule has 0 spiro atoms. The van der Waals surface area contributed by atoms with E-state index >= 15 is 0 Å². The molecule has 0 radical (unpaired) electrons. The van der Waals surface area contributed by atoms with E-state index in [0.29, 0.717) is 27.4 Å². The van der Waals surface area contributed by atoms with Gasteiger partial charge in [0.25, 0.3) is 11.5 Å². The predicted molar refractivity (Wildman–Crippen MR) is 87.9 cm³/mol. The monoisotopic (exact) mass is 329 g/mol. The van der Waals surface area contributed by atoms with Crippen LogP contribution in [0.2, 0.25) is 5.02 Å². The van der Waals surface area contributed by atoms with Gasteiger partial charge in [-0.1, -0.05) is 11.6 Å². The largest absolute Gasteiger partial charge is 0.484 e. The van der Waals surface area contributed by atoms with Crippen molar-refractivity contribution < 1.29 is 9.53 Å². The zero-order valence-corrected chi connectivity index (χ0v) is 12.6. The number of aromatic nitrogens is 2. The Balaban J connectivity index is 1.66. The molecule has 1 amide bonds. The van der Waals surface area contributed by atoms with Gasteiger partial charge in [-0.15, -0.1) is 0 Å². The van der Waals surface area contributed by atoms with Crippen molar-refractivity contribution >= 4 is 34.1 Å². The van der Waals surface area contributed by atoms with Gasteiger partial charge in [0.05, 0.1) is 17.2 Å². The van der Waals surface area contributed by atoms with Gasteiger partial charge in [0.1, 0.15) is 5.75 Å². The lowest BCUT2D eigenvalue weighted by Gasteiger charge is -2.08. The van der Waals surface area contributed by atoms with Gasteiger partial charge in [-0.2, -0.15) is 0 Å². The summed E-state index contributed by atoms with van der Waals surface area (Å²) in [5, 5.41) is 3.67. The predicted octanol–water partition coefficient (Wildman–Crippen LogP) is 2.59. The molecule has 0 unspecified atom stereocenters. The molecule has 0 bridgehead atoms. The number of halogens is 1. The molecule has 0 saturated heterocycles. The van der Waals surface area contributed by atoms with E-state index in [4.69, 9.17) is 16.3 Å². The summed E-state index contributed by atoms with van der Waals surface area (Å²) in [7, 11) is 0. The summed E-state index contributed by atoms with van der Waals surface area (Å²) in [5.74, 6) is 0.211. The summed E-state index contributed by atoms with van der Waals surface area (Å²) in [6.07, 6.45) is 1.34. The van der Waals surface area contributed by atoms with Crippen LogP contribution in [0.15, 0.2) is 53.6 Å². The van der Waals surface area contributed by atoms with E-state index in [1.165, 1.54) is 6.33 Å². The molecule has 3 aromatic rings. The summed E-state index contributed by atoms with van der Waals surface area (Å²) in [6.45, 7) is -0.150. The number of H-pyrrole nitrogens is 1. The number of aromatic amines is 1. The third-order valence-electron chi connectivity index (χ3n) is 3.11. The second kappa shape index (κ2) is 6.50. The van der Waals surface area contributed by atoms with Crippen LogP contribution in [0.5, 0.6) is 5.75 Å². The van der Waals surface area contributed by atoms with Gasteiger partial charge in [-0.25, -0.2) is 4.98 Å². The normalized spacial score (nSPS) is 10.5. The number of rotatable bonds is 4. The summed E-state index contributed by atoms with van der Waals surface area (Å²) in [6, 6.07) is 11.6.